The Balaban J connectivity index is 1.11. The van der Waals surface area contributed by atoms with Gasteiger partial charge in [0.15, 0.2) is 0 Å². The highest BCUT2D eigenvalue weighted by Gasteiger charge is 2.47. The van der Waals surface area contributed by atoms with Gasteiger partial charge in [0.25, 0.3) is 11.8 Å². The standard InChI is InChI=1S/C42H40N4O10S4/c1-41(2)24-18-25-27(19-26(24)43(5)30(41)16-22-33(49)20(34(22)50)8-10-28-37(53)45(39(57)59-28)13-7-15-56-55)44(6)31(42(25,3)4)17-23-35(51)21(36(23)52)9-11-29-38(54)46(40(58)60-29)14-12-32(47)48/h8-11,16-19,49,51,55H,7,12-15H2,1-6H3,(H,47,48)/b20-8-,21-9-,28-10-,29-11-,30-16?,31-17?. The van der Waals surface area contributed by atoms with Gasteiger partial charge in [0.2, 0.25) is 11.6 Å². The van der Waals surface area contributed by atoms with Gasteiger partial charge in [0.1, 0.15) is 20.2 Å². The molecule has 0 aromatic heterocycles. The SMILES string of the molecule is CN1C(=CC2=C(O)/C(=C/C=C3\SC(=S)N(CCCOO)C3=O)C2=O)C(C)(C)c2cc3c(cc21)N(C)C(=CC1=C(O)/C(=C/C=C2\SC(=S)N(CCC(=O)O)C2=O)C1=O)C3(C)C. The van der Waals surface area contributed by atoms with Gasteiger partial charge in [-0.3, -0.25) is 39.0 Å². The number of rotatable bonds is 11. The first kappa shape index (κ1) is 43.0. The summed E-state index contributed by atoms with van der Waals surface area (Å²) in [6, 6.07) is 4.18. The Bertz CT molecular complexity index is 2520. The topological polar surface area (TPSA) is 188 Å². The zero-order chi connectivity index (χ0) is 43.7. The Morgan fingerprint density at radius 2 is 1.17 bits per heavy atom. The van der Waals surface area contributed by atoms with Crippen LogP contribution in [-0.2, 0) is 39.7 Å². The molecule has 4 N–H and O–H groups in total. The van der Waals surface area contributed by atoms with Crippen molar-refractivity contribution in [1.29, 1.82) is 0 Å². The quantitative estimate of drug-likeness (QED) is 0.0628. The molecule has 2 aliphatic carbocycles. The predicted molar refractivity (Wildman–Crippen MR) is 236 cm³/mol. The summed E-state index contributed by atoms with van der Waals surface area (Å²) < 4.78 is 0.572. The van der Waals surface area contributed by atoms with Gasteiger partial charge in [-0.2, -0.15) is 0 Å². The fourth-order valence-electron chi connectivity index (χ4n) is 8.02. The van der Waals surface area contributed by atoms with Crippen molar-refractivity contribution in [2.45, 2.75) is 51.4 Å². The Morgan fingerprint density at radius 1 is 0.733 bits per heavy atom. The van der Waals surface area contributed by atoms with Crippen LogP contribution >= 0.6 is 48.0 Å². The molecular formula is C42H40N4O10S4. The Hall–Kier alpha value is -5.11. The van der Waals surface area contributed by atoms with Crippen LogP contribution in [0.2, 0.25) is 0 Å². The van der Waals surface area contributed by atoms with Crippen molar-refractivity contribution in [2.75, 3.05) is 43.6 Å². The first-order valence-electron chi connectivity index (χ1n) is 18.7. The third kappa shape index (κ3) is 6.97. The lowest BCUT2D eigenvalue weighted by molar-refractivity contribution is -0.242. The number of hydrogen-bond donors (Lipinski definition) is 4. The number of fused-ring (bicyclic) bond motifs is 2. The second-order valence-electron chi connectivity index (χ2n) is 15.7. The van der Waals surface area contributed by atoms with E-state index in [-0.39, 0.29) is 80.8 Å². The minimum atomic E-state index is -1.06. The van der Waals surface area contributed by atoms with Crippen LogP contribution in [0.15, 0.2) is 104 Å². The summed E-state index contributed by atoms with van der Waals surface area (Å²) >= 11 is 12.6. The molecule has 7 rings (SSSR count). The average molecular weight is 889 g/mol. The van der Waals surface area contributed by atoms with Gasteiger partial charge in [0.05, 0.1) is 45.1 Å². The number of anilines is 2. The summed E-state index contributed by atoms with van der Waals surface area (Å²) in [5, 5.41) is 39.6. The van der Waals surface area contributed by atoms with Crippen LogP contribution in [0, 0.1) is 0 Å². The monoisotopic (exact) mass is 888 g/mol. The molecule has 0 unspecified atom stereocenters. The lowest BCUT2D eigenvalue weighted by Crippen LogP contribution is -2.30. The number of nitrogens with zero attached hydrogens (tertiary/aromatic N) is 4. The number of amides is 2. The summed E-state index contributed by atoms with van der Waals surface area (Å²) in [4.78, 5) is 74.5. The summed E-state index contributed by atoms with van der Waals surface area (Å²) in [5.74, 6) is -2.98. The van der Waals surface area contributed by atoms with Crippen LogP contribution < -0.4 is 9.80 Å². The zero-order valence-corrected chi connectivity index (χ0v) is 36.6. The van der Waals surface area contributed by atoms with E-state index < -0.39 is 28.5 Å². The summed E-state index contributed by atoms with van der Waals surface area (Å²) in [6.45, 7) is 8.41. The van der Waals surface area contributed by atoms with Gasteiger partial charge in [-0.25, -0.2) is 4.89 Å². The number of likely N-dealkylation sites (N-methyl/N-ethyl adjacent to an activating group) is 2. The molecule has 4 heterocycles. The van der Waals surface area contributed by atoms with Gasteiger partial charge in [-0.15, -0.1) is 0 Å². The fourth-order valence-corrected chi connectivity index (χ4v) is 10.5. The third-order valence-electron chi connectivity index (χ3n) is 11.5. The third-order valence-corrected chi connectivity index (χ3v) is 14.3. The fraction of sp³-hybridized carbons (Fsp3) is 0.310. The maximum atomic E-state index is 13.4. The van der Waals surface area contributed by atoms with E-state index in [0.717, 1.165) is 57.4 Å². The van der Waals surface area contributed by atoms with Gasteiger partial charge >= 0.3 is 5.97 Å². The maximum absolute atomic E-state index is 13.4. The molecule has 0 spiro atoms. The van der Waals surface area contributed by atoms with Crippen molar-refractivity contribution >= 4 is 97.3 Å². The number of benzene rings is 1. The molecular weight excluding hydrogens is 849 g/mol. The number of allylic oxidation sites excluding steroid dienone is 12. The minimum absolute atomic E-state index is 0.0439. The number of aliphatic hydroxyl groups is 2. The second-order valence-corrected chi connectivity index (χ2v) is 19.1. The van der Waals surface area contributed by atoms with E-state index >= 15 is 0 Å². The molecule has 1 aromatic rings. The molecule has 6 aliphatic rings. The van der Waals surface area contributed by atoms with Crippen molar-refractivity contribution < 1.29 is 49.4 Å². The summed E-state index contributed by atoms with van der Waals surface area (Å²) in [5.41, 5.74) is 4.54. The number of carbonyl (C=O) groups is 5. The number of thioether (sulfide) groups is 2. The van der Waals surface area contributed by atoms with E-state index in [9.17, 15) is 34.2 Å². The van der Waals surface area contributed by atoms with Crippen LogP contribution in [0.5, 0.6) is 0 Å². The molecule has 14 nitrogen and oxygen atoms in total. The molecule has 1 aromatic carbocycles. The maximum Gasteiger partial charge on any atom is 0.305 e. The van der Waals surface area contributed by atoms with E-state index in [1.807, 2.05) is 51.6 Å². The van der Waals surface area contributed by atoms with E-state index in [0.29, 0.717) is 15.6 Å². The molecule has 0 saturated carbocycles. The van der Waals surface area contributed by atoms with Crippen molar-refractivity contribution in [3.8, 4) is 0 Å². The number of carbonyl (C=O) groups excluding carboxylic acids is 4. The molecule has 2 fully saturated rings. The van der Waals surface area contributed by atoms with Gasteiger partial charge < -0.3 is 25.1 Å². The molecule has 60 heavy (non-hydrogen) atoms. The van der Waals surface area contributed by atoms with Crippen molar-refractivity contribution in [1.82, 2.24) is 9.80 Å². The first-order valence-corrected chi connectivity index (χ1v) is 21.1. The lowest BCUT2D eigenvalue weighted by Gasteiger charge is -2.28. The van der Waals surface area contributed by atoms with Crippen molar-refractivity contribution in [3.05, 3.63) is 115 Å². The van der Waals surface area contributed by atoms with Crippen LogP contribution in [0.25, 0.3) is 0 Å². The number of aliphatic hydroxyl groups excluding tert-OH is 2. The molecule has 0 atom stereocenters. The number of ketones is 2. The van der Waals surface area contributed by atoms with E-state index in [1.165, 1.54) is 34.1 Å². The molecule has 2 saturated heterocycles. The minimum Gasteiger partial charge on any atom is -0.506 e. The number of carboxylic acids is 1. The second kappa shape index (κ2) is 15.7. The first-order chi connectivity index (χ1) is 28.2. The molecule has 4 aliphatic heterocycles. The van der Waals surface area contributed by atoms with Crippen LogP contribution in [-0.4, -0.2) is 102 Å². The zero-order valence-electron chi connectivity index (χ0n) is 33.3. The number of hydrogen-bond acceptors (Lipinski definition) is 15. The summed E-state index contributed by atoms with van der Waals surface area (Å²) in [6.07, 6.45) is 9.19. The van der Waals surface area contributed by atoms with Gasteiger partial charge in [0, 0.05) is 60.8 Å². The molecule has 0 radical (unpaired) electrons. The molecule has 0 bridgehead atoms. The highest BCUT2D eigenvalue weighted by Crippen LogP contribution is 2.56. The largest absolute Gasteiger partial charge is 0.506 e. The van der Waals surface area contributed by atoms with Crippen LogP contribution in [0.4, 0.5) is 11.4 Å². The predicted octanol–water partition coefficient (Wildman–Crippen LogP) is 6.39. The van der Waals surface area contributed by atoms with Crippen molar-refractivity contribution in [2.24, 2.45) is 0 Å². The van der Waals surface area contributed by atoms with Crippen LogP contribution in [0.1, 0.15) is 51.7 Å². The van der Waals surface area contributed by atoms with E-state index in [1.54, 1.807) is 12.2 Å². The molecule has 18 heteroatoms. The Labute approximate surface area is 364 Å². The normalized spacial score (nSPS) is 24.9. The van der Waals surface area contributed by atoms with Gasteiger partial charge in [-0.05, 0) is 66.1 Å². The van der Waals surface area contributed by atoms with Gasteiger partial charge in [-0.1, -0.05) is 75.7 Å². The number of aliphatic carboxylic acids is 1. The number of thiocarbonyl (C=S) groups is 2. The Morgan fingerprint density at radius 3 is 1.57 bits per heavy atom. The van der Waals surface area contributed by atoms with E-state index in [4.69, 9.17) is 34.8 Å². The van der Waals surface area contributed by atoms with Crippen molar-refractivity contribution in [3.63, 3.8) is 0 Å². The lowest BCUT2D eigenvalue weighted by atomic mass is 9.76. The summed E-state index contributed by atoms with van der Waals surface area (Å²) in [7, 11) is 3.78. The van der Waals surface area contributed by atoms with E-state index in [2.05, 4.69) is 17.0 Å². The number of carboxylic acid groups (broad SMARTS) is 1. The molecule has 312 valence electrons. The average Bonchev–Trinajstić information content (AvgIpc) is 3.76. The number of Topliss-reactive ketones (excluding diaryl/α,β-unsaturated/α-hetero) is 2. The Kier molecular flexibility index (Phi) is 11.3. The smallest absolute Gasteiger partial charge is 0.305 e. The highest BCUT2D eigenvalue weighted by molar-refractivity contribution is 8.27. The van der Waals surface area contributed by atoms with Crippen LogP contribution in [0.3, 0.4) is 0 Å². The highest BCUT2D eigenvalue weighted by atomic mass is 32.2. The molecule has 2 amide bonds.